The number of rotatable bonds is 4. The van der Waals surface area contributed by atoms with E-state index in [9.17, 15) is 0 Å². The van der Waals surface area contributed by atoms with E-state index in [2.05, 4.69) is 33.4 Å². The Morgan fingerprint density at radius 2 is 2.14 bits per heavy atom. The van der Waals surface area contributed by atoms with Gasteiger partial charge in [0.15, 0.2) is 5.65 Å². The van der Waals surface area contributed by atoms with Crippen LogP contribution in [0.25, 0.3) is 11.0 Å². The van der Waals surface area contributed by atoms with Crippen molar-refractivity contribution in [1.29, 1.82) is 0 Å². The summed E-state index contributed by atoms with van der Waals surface area (Å²) >= 11 is 0. The Hall–Kier alpha value is -2.27. The standard InChI is InChI=1S/C16H19N5/c1-11-14-8-13(10-19-16(14)21(3)20-11)9-18-12(2)15-6-4-5-7-17-15/h4-8,10,12,18H,9H2,1-3H3/t12-/m1/s1. The summed E-state index contributed by atoms with van der Waals surface area (Å²) in [6, 6.07) is 8.33. The van der Waals surface area contributed by atoms with Gasteiger partial charge >= 0.3 is 0 Å². The molecule has 21 heavy (non-hydrogen) atoms. The van der Waals surface area contributed by atoms with Gasteiger partial charge < -0.3 is 5.32 Å². The van der Waals surface area contributed by atoms with E-state index < -0.39 is 0 Å². The fourth-order valence-corrected chi connectivity index (χ4v) is 2.46. The molecule has 0 amide bonds. The molecule has 0 aromatic carbocycles. The summed E-state index contributed by atoms with van der Waals surface area (Å²) in [6.07, 6.45) is 3.72. The van der Waals surface area contributed by atoms with Crippen molar-refractivity contribution in [3.63, 3.8) is 0 Å². The van der Waals surface area contributed by atoms with Gasteiger partial charge in [-0.2, -0.15) is 5.10 Å². The van der Waals surface area contributed by atoms with Gasteiger partial charge in [0.1, 0.15) is 0 Å². The normalized spacial score (nSPS) is 12.7. The smallest absolute Gasteiger partial charge is 0.157 e. The van der Waals surface area contributed by atoms with Crippen molar-refractivity contribution in [2.24, 2.45) is 7.05 Å². The number of nitrogens with one attached hydrogen (secondary N) is 1. The maximum atomic E-state index is 4.50. The van der Waals surface area contributed by atoms with Gasteiger partial charge in [0.2, 0.25) is 0 Å². The van der Waals surface area contributed by atoms with Crippen LogP contribution < -0.4 is 5.32 Å². The molecule has 3 heterocycles. The Kier molecular flexibility index (Phi) is 3.66. The van der Waals surface area contributed by atoms with Crippen LogP contribution in [-0.2, 0) is 13.6 Å². The van der Waals surface area contributed by atoms with Crippen molar-refractivity contribution < 1.29 is 0 Å². The van der Waals surface area contributed by atoms with E-state index in [-0.39, 0.29) is 6.04 Å². The summed E-state index contributed by atoms with van der Waals surface area (Å²) < 4.78 is 1.82. The minimum Gasteiger partial charge on any atom is -0.305 e. The van der Waals surface area contributed by atoms with Gasteiger partial charge in [0, 0.05) is 37.4 Å². The van der Waals surface area contributed by atoms with Crippen molar-refractivity contribution >= 4 is 11.0 Å². The van der Waals surface area contributed by atoms with Gasteiger partial charge in [-0.05, 0) is 37.6 Å². The molecule has 1 N–H and O–H groups in total. The predicted octanol–water partition coefficient (Wildman–Crippen LogP) is 2.52. The average molecular weight is 281 g/mol. The molecule has 0 spiro atoms. The molecule has 3 rings (SSSR count). The second kappa shape index (κ2) is 5.61. The first-order valence-corrected chi connectivity index (χ1v) is 7.07. The minimum absolute atomic E-state index is 0.205. The molecule has 0 radical (unpaired) electrons. The monoisotopic (exact) mass is 281 g/mol. The molecule has 0 saturated carbocycles. The lowest BCUT2D eigenvalue weighted by Crippen LogP contribution is -2.19. The molecule has 3 aromatic heterocycles. The van der Waals surface area contributed by atoms with Crippen LogP contribution in [0.15, 0.2) is 36.7 Å². The van der Waals surface area contributed by atoms with E-state index in [1.54, 1.807) is 0 Å². The quantitative estimate of drug-likeness (QED) is 0.798. The maximum absolute atomic E-state index is 4.50. The molecule has 1 atom stereocenters. The summed E-state index contributed by atoms with van der Waals surface area (Å²) in [5, 5.41) is 8.99. The van der Waals surface area contributed by atoms with Crippen LogP contribution >= 0.6 is 0 Å². The average Bonchev–Trinajstić information content (AvgIpc) is 2.80. The number of pyridine rings is 2. The van der Waals surface area contributed by atoms with Gasteiger partial charge in [0.05, 0.1) is 11.4 Å². The summed E-state index contributed by atoms with van der Waals surface area (Å²) in [5.74, 6) is 0. The maximum Gasteiger partial charge on any atom is 0.157 e. The largest absolute Gasteiger partial charge is 0.305 e. The number of hydrogen-bond acceptors (Lipinski definition) is 4. The first-order valence-electron chi connectivity index (χ1n) is 7.07. The molecule has 0 aliphatic rings. The number of aryl methyl sites for hydroxylation is 2. The van der Waals surface area contributed by atoms with E-state index in [1.165, 1.54) is 0 Å². The number of fused-ring (bicyclic) bond motifs is 1. The third-order valence-corrected chi connectivity index (χ3v) is 3.66. The van der Waals surface area contributed by atoms with Gasteiger partial charge in [-0.25, -0.2) is 4.98 Å². The molecule has 3 aromatic rings. The van der Waals surface area contributed by atoms with Gasteiger partial charge in [-0.1, -0.05) is 6.07 Å². The lowest BCUT2D eigenvalue weighted by atomic mass is 10.1. The van der Waals surface area contributed by atoms with Gasteiger partial charge in [-0.15, -0.1) is 0 Å². The van der Waals surface area contributed by atoms with Crippen LogP contribution in [0.4, 0.5) is 0 Å². The molecule has 108 valence electrons. The molecular formula is C16H19N5. The van der Waals surface area contributed by atoms with Crippen LogP contribution in [0, 0.1) is 6.92 Å². The summed E-state index contributed by atoms with van der Waals surface area (Å²) in [4.78, 5) is 8.86. The molecular weight excluding hydrogens is 262 g/mol. The van der Waals surface area contributed by atoms with Crippen molar-refractivity contribution in [3.05, 3.63) is 53.6 Å². The summed E-state index contributed by atoms with van der Waals surface area (Å²) in [6.45, 7) is 4.89. The molecule has 0 aliphatic carbocycles. The Balaban J connectivity index is 1.75. The van der Waals surface area contributed by atoms with Gasteiger partial charge in [0.25, 0.3) is 0 Å². The number of nitrogens with zero attached hydrogens (tertiary/aromatic N) is 4. The Morgan fingerprint density at radius 1 is 1.29 bits per heavy atom. The highest BCUT2D eigenvalue weighted by atomic mass is 15.3. The fourth-order valence-electron chi connectivity index (χ4n) is 2.46. The highest BCUT2D eigenvalue weighted by Gasteiger charge is 2.09. The van der Waals surface area contributed by atoms with E-state index >= 15 is 0 Å². The molecule has 0 bridgehead atoms. The highest BCUT2D eigenvalue weighted by Crippen LogP contribution is 2.17. The zero-order valence-electron chi connectivity index (χ0n) is 12.5. The van der Waals surface area contributed by atoms with Crippen LogP contribution in [0.1, 0.15) is 29.9 Å². The first-order chi connectivity index (χ1) is 10.1. The molecule has 5 nitrogen and oxygen atoms in total. The molecule has 0 aliphatic heterocycles. The zero-order chi connectivity index (χ0) is 14.8. The van der Waals surface area contributed by atoms with Crippen molar-refractivity contribution in [3.8, 4) is 0 Å². The zero-order valence-corrected chi connectivity index (χ0v) is 12.5. The summed E-state index contributed by atoms with van der Waals surface area (Å²) in [7, 11) is 1.92. The third-order valence-electron chi connectivity index (χ3n) is 3.66. The lowest BCUT2D eigenvalue weighted by molar-refractivity contribution is 0.561. The molecule has 0 saturated heterocycles. The first kappa shape index (κ1) is 13.7. The van der Waals surface area contributed by atoms with Crippen molar-refractivity contribution in [1.82, 2.24) is 25.1 Å². The van der Waals surface area contributed by atoms with Crippen molar-refractivity contribution in [2.45, 2.75) is 26.4 Å². The minimum atomic E-state index is 0.205. The third kappa shape index (κ3) is 2.78. The summed E-state index contributed by atoms with van der Waals surface area (Å²) in [5.41, 5.74) is 4.14. The van der Waals surface area contributed by atoms with Crippen LogP contribution in [0.3, 0.4) is 0 Å². The number of aromatic nitrogens is 4. The lowest BCUT2D eigenvalue weighted by Gasteiger charge is -2.13. The van der Waals surface area contributed by atoms with E-state index in [1.807, 2.05) is 49.2 Å². The fraction of sp³-hybridized carbons (Fsp3) is 0.312. The number of hydrogen-bond donors (Lipinski definition) is 1. The second-order valence-electron chi connectivity index (χ2n) is 5.28. The highest BCUT2D eigenvalue weighted by molar-refractivity contribution is 5.78. The van der Waals surface area contributed by atoms with E-state index in [0.717, 1.165) is 34.5 Å². The Labute approximate surface area is 124 Å². The predicted molar refractivity (Wildman–Crippen MR) is 82.7 cm³/mol. The van der Waals surface area contributed by atoms with Crippen LogP contribution in [-0.4, -0.2) is 19.7 Å². The topological polar surface area (TPSA) is 55.6 Å². The van der Waals surface area contributed by atoms with Crippen LogP contribution in [0.5, 0.6) is 0 Å². The van der Waals surface area contributed by atoms with Gasteiger partial charge in [-0.3, -0.25) is 9.67 Å². The second-order valence-corrected chi connectivity index (χ2v) is 5.28. The Morgan fingerprint density at radius 3 is 2.90 bits per heavy atom. The molecule has 0 unspecified atom stereocenters. The molecule has 5 heteroatoms. The molecule has 0 fully saturated rings. The van der Waals surface area contributed by atoms with Crippen molar-refractivity contribution in [2.75, 3.05) is 0 Å². The SMILES string of the molecule is Cc1nn(C)c2ncc(CN[C@H](C)c3ccccn3)cc12. The van der Waals surface area contributed by atoms with E-state index in [0.29, 0.717) is 0 Å². The van der Waals surface area contributed by atoms with E-state index in [4.69, 9.17) is 0 Å². The van der Waals surface area contributed by atoms with Crippen LogP contribution in [0.2, 0.25) is 0 Å². The Bertz CT molecular complexity index is 748.